The highest BCUT2D eigenvalue weighted by atomic mass is 32.2. The van der Waals surface area contributed by atoms with Gasteiger partial charge in [-0.3, -0.25) is 4.79 Å². The Morgan fingerprint density at radius 2 is 1.85 bits per heavy atom. The van der Waals surface area contributed by atoms with Gasteiger partial charge in [-0.25, -0.2) is 12.7 Å². The van der Waals surface area contributed by atoms with E-state index in [1.807, 2.05) is 30.3 Å². The number of rotatable bonds is 6. The molecular formula is C19H23N3O4S. The number of nitrogens with one attached hydrogen (secondary N) is 1. The standard InChI is InChI=1S/C19H23N3O4S/c23-19(17-12-18(26-21-17)15-4-2-1-3-5-15)20-13-14-8-10-22(11-9-14)27(24,25)16-6-7-16/h1-5,12,14,16H,6-11,13H2,(H,20,23). The molecule has 144 valence electrons. The second-order valence-electron chi connectivity index (χ2n) is 7.24. The second-order valence-corrected chi connectivity index (χ2v) is 9.45. The SMILES string of the molecule is O=C(NCC1CCN(S(=O)(=O)C2CC2)CC1)c1cc(-c2ccccc2)on1. The van der Waals surface area contributed by atoms with Gasteiger partial charge in [-0.05, 0) is 31.6 Å². The van der Waals surface area contributed by atoms with Crippen LogP contribution in [0.5, 0.6) is 0 Å². The lowest BCUT2D eigenvalue weighted by Gasteiger charge is -2.31. The van der Waals surface area contributed by atoms with Gasteiger partial charge in [-0.1, -0.05) is 35.5 Å². The Kier molecular flexibility index (Phi) is 5.01. The molecule has 7 nitrogen and oxygen atoms in total. The first-order chi connectivity index (χ1) is 13.0. The molecule has 2 aliphatic rings. The van der Waals surface area contributed by atoms with E-state index >= 15 is 0 Å². The Balaban J connectivity index is 1.27. The van der Waals surface area contributed by atoms with Gasteiger partial charge in [0.05, 0.1) is 5.25 Å². The zero-order valence-electron chi connectivity index (χ0n) is 15.0. The number of sulfonamides is 1. The molecule has 8 heteroatoms. The maximum atomic E-state index is 12.3. The summed E-state index contributed by atoms with van der Waals surface area (Å²) in [5.41, 5.74) is 1.12. The first-order valence-corrected chi connectivity index (χ1v) is 10.8. The number of aromatic nitrogens is 1. The van der Waals surface area contributed by atoms with Crippen LogP contribution >= 0.6 is 0 Å². The predicted molar refractivity (Wildman–Crippen MR) is 101 cm³/mol. The van der Waals surface area contributed by atoms with Crippen molar-refractivity contribution in [2.75, 3.05) is 19.6 Å². The molecule has 0 radical (unpaired) electrons. The fourth-order valence-electron chi connectivity index (χ4n) is 3.39. The van der Waals surface area contributed by atoms with Gasteiger partial charge in [0, 0.05) is 31.3 Å². The van der Waals surface area contributed by atoms with E-state index in [2.05, 4.69) is 10.5 Å². The summed E-state index contributed by atoms with van der Waals surface area (Å²) < 4.78 is 31.4. The van der Waals surface area contributed by atoms with Gasteiger partial charge in [0.1, 0.15) is 0 Å². The van der Waals surface area contributed by atoms with Crippen LogP contribution < -0.4 is 5.32 Å². The number of carbonyl (C=O) groups is 1. The fourth-order valence-corrected chi connectivity index (χ4v) is 5.27. The first kappa shape index (κ1) is 18.2. The number of hydrogen-bond donors (Lipinski definition) is 1. The quantitative estimate of drug-likeness (QED) is 0.818. The van der Waals surface area contributed by atoms with Crippen LogP contribution in [0.2, 0.25) is 0 Å². The number of nitrogens with zero attached hydrogens (tertiary/aromatic N) is 2. The molecule has 2 fully saturated rings. The minimum atomic E-state index is -3.09. The molecule has 0 atom stereocenters. The Bertz CT molecular complexity index is 898. The van der Waals surface area contributed by atoms with Crippen molar-refractivity contribution in [3.8, 4) is 11.3 Å². The molecule has 2 aromatic rings. The normalized spacial score (nSPS) is 19.1. The van der Waals surface area contributed by atoms with Crippen molar-refractivity contribution in [2.45, 2.75) is 30.9 Å². The van der Waals surface area contributed by atoms with Gasteiger partial charge < -0.3 is 9.84 Å². The summed E-state index contributed by atoms with van der Waals surface area (Å²) in [6.45, 7) is 1.60. The van der Waals surface area contributed by atoms with E-state index in [1.165, 1.54) is 0 Å². The van der Waals surface area contributed by atoms with E-state index in [1.54, 1.807) is 10.4 Å². The molecular weight excluding hydrogens is 366 g/mol. The summed E-state index contributed by atoms with van der Waals surface area (Å²) in [6, 6.07) is 11.1. The Morgan fingerprint density at radius 1 is 1.15 bits per heavy atom. The van der Waals surface area contributed by atoms with Crippen LogP contribution in [0.3, 0.4) is 0 Å². The van der Waals surface area contributed by atoms with Crippen LogP contribution in [0, 0.1) is 5.92 Å². The molecule has 1 saturated heterocycles. The Morgan fingerprint density at radius 3 is 2.52 bits per heavy atom. The van der Waals surface area contributed by atoms with Crippen molar-refractivity contribution >= 4 is 15.9 Å². The average molecular weight is 389 g/mol. The predicted octanol–water partition coefficient (Wildman–Crippen LogP) is 2.28. The molecule has 1 N–H and O–H groups in total. The number of benzene rings is 1. The zero-order chi connectivity index (χ0) is 18.9. The molecule has 0 spiro atoms. The van der Waals surface area contributed by atoms with E-state index in [4.69, 9.17) is 4.52 Å². The number of hydrogen-bond acceptors (Lipinski definition) is 5. The van der Waals surface area contributed by atoms with E-state index < -0.39 is 10.0 Å². The van der Waals surface area contributed by atoms with Gasteiger partial charge in [0.25, 0.3) is 5.91 Å². The summed E-state index contributed by atoms with van der Waals surface area (Å²) in [4.78, 5) is 12.3. The van der Waals surface area contributed by atoms with Crippen molar-refractivity contribution in [1.82, 2.24) is 14.8 Å². The summed E-state index contributed by atoms with van der Waals surface area (Å²) in [7, 11) is -3.09. The monoisotopic (exact) mass is 389 g/mol. The van der Waals surface area contributed by atoms with Crippen molar-refractivity contribution < 1.29 is 17.7 Å². The van der Waals surface area contributed by atoms with Crippen molar-refractivity contribution in [3.05, 3.63) is 42.1 Å². The molecule has 1 saturated carbocycles. The molecule has 0 bridgehead atoms. The van der Waals surface area contributed by atoms with Gasteiger partial charge in [0.2, 0.25) is 10.0 Å². The third-order valence-electron chi connectivity index (χ3n) is 5.23. The number of carbonyl (C=O) groups excluding carboxylic acids is 1. The van der Waals surface area contributed by atoms with Crippen LogP contribution in [0.25, 0.3) is 11.3 Å². The Labute approximate surface area is 158 Å². The average Bonchev–Trinajstić information content (AvgIpc) is 3.45. The lowest BCUT2D eigenvalue weighted by Crippen LogP contribution is -2.42. The summed E-state index contributed by atoms with van der Waals surface area (Å²) in [5.74, 6) is 0.563. The van der Waals surface area contributed by atoms with Crippen LogP contribution in [-0.4, -0.2) is 48.7 Å². The highest BCUT2D eigenvalue weighted by Gasteiger charge is 2.41. The van der Waals surface area contributed by atoms with Crippen molar-refractivity contribution in [3.63, 3.8) is 0 Å². The van der Waals surface area contributed by atoms with Crippen LogP contribution in [0.4, 0.5) is 0 Å². The Hall–Kier alpha value is -2.19. The number of amides is 1. The van der Waals surface area contributed by atoms with Crippen molar-refractivity contribution in [1.29, 1.82) is 0 Å². The molecule has 1 aromatic heterocycles. The van der Waals surface area contributed by atoms with Crippen molar-refractivity contribution in [2.24, 2.45) is 5.92 Å². The molecule has 27 heavy (non-hydrogen) atoms. The molecule has 2 heterocycles. The summed E-state index contributed by atoms with van der Waals surface area (Å²) >= 11 is 0. The number of piperidine rings is 1. The topological polar surface area (TPSA) is 92.5 Å². The highest BCUT2D eigenvalue weighted by molar-refractivity contribution is 7.90. The third-order valence-corrected chi connectivity index (χ3v) is 7.63. The third kappa shape index (κ3) is 4.06. The summed E-state index contributed by atoms with van der Waals surface area (Å²) in [5, 5.41) is 6.59. The van der Waals surface area contributed by atoms with E-state index in [0.717, 1.165) is 31.2 Å². The van der Waals surface area contributed by atoms with E-state index in [-0.39, 0.29) is 22.8 Å². The molecule has 1 amide bonds. The van der Waals surface area contributed by atoms with Gasteiger partial charge >= 0.3 is 0 Å². The van der Waals surface area contributed by atoms with Gasteiger partial charge in [0.15, 0.2) is 11.5 Å². The largest absolute Gasteiger partial charge is 0.355 e. The van der Waals surface area contributed by atoms with E-state index in [9.17, 15) is 13.2 Å². The highest BCUT2D eigenvalue weighted by Crippen LogP contribution is 2.33. The van der Waals surface area contributed by atoms with E-state index in [0.29, 0.717) is 25.4 Å². The molecule has 4 rings (SSSR count). The molecule has 1 aliphatic carbocycles. The maximum Gasteiger partial charge on any atom is 0.273 e. The molecule has 0 unspecified atom stereocenters. The van der Waals surface area contributed by atoms with Crippen LogP contribution in [0.1, 0.15) is 36.2 Å². The fraction of sp³-hybridized carbons (Fsp3) is 0.474. The maximum absolute atomic E-state index is 12.3. The minimum Gasteiger partial charge on any atom is -0.355 e. The minimum absolute atomic E-state index is 0.153. The van der Waals surface area contributed by atoms with Crippen LogP contribution in [0.15, 0.2) is 40.9 Å². The second kappa shape index (κ2) is 7.44. The molecule has 1 aromatic carbocycles. The lowest BCUT2D eigenvalue weighted by molar-refractivity contribution is 0.0932. The smallest absolute Gasteiger partial charge is 0.273 e. The first-order valence-electron chi connectivity index (χ1n) is 9.33. The van der Waals surface area contributed by atoms with Gasteiger partial charge in [-0.15, -0.1) is 0 Å². The molecule has 1 aliphatic heterocycles. The van der Waals surface area contributed by atoms with Gasteiger partial charge in [-0.2, -0.15) is 0 Å². The van der Waals surface area contributed by atoms with Crippen LogP contribution in [-0.2, 0) is 10.0 Å². The zero-order valence-corrected chi connectivity index (χ0v) is 15.8. The lowest BCUT2D eigenvalue weighted by atomic mass is 9.98. The summed E-state index contributed by atoms with van der Waals surface area (Å²) in [6.07, 6.45) is 3.11.